The van der Waals surface area contributed by atoms with Gasteiger partial charge in [-0.05, 0) is 25.2 Å². The first-order valence-electron chi connectivity index (χ1n) is 11.5. The van der Waals surface area contributed by atoms with E-state index < -0.39 is 40.9 Å². The molecule has 0 bridgehead atoms. The molecule has 34 heavy (non-hydrogen) atoms. The third kappa shape index (κ3) is 4.82. The lowest BCUT2D eigenvalue weighted by atomic mass is 9.88. The number of hydrogen-bond donors (Lipinski definition) is 1. The summed E-state index contributed by atoms with van der Waals surface area (Å²) in [5.74, 6) is -4.26. The van der Waals surface area contributed by atoms with Crippen LogP contribution >= 0.6 is 0 Å². The Morgan fingerprint density at radius 2 is 1.82 bits per heavy atom. The zero-order valence-corrected chi connectivity index (χ0v) is 19.5. The lowest BCUT2D eigenvalue weighted by molar-refractivity contribution is -0.136. The number of carbonyl (C=O) groups is 2. The molecule has 2 heterocycles. The minimum Gasteiger partial charge on any atom is -0.355 e. The molecule has 1 N–H and O–H groups in total. The second kappa shape index (κ2) is 9.77. The van der Waals surface area contributed by atoms with E-state index in [1.807, 2.05) is 0 Å². The Balaban J connectivity index is 1.50. The van der Waals surface area contributed by atoms with Crippen LogP contribution in [0.4, 0.5) is 13.2 Å². The maximum absolute atomic E-state index is 14.1. The van der Waals surface area contributed by atoms with Gasteiger partial charge in [-0.1, -0.05) is 18.5 Å². The second-order valence-corrected chi connectivity index (χ2v) is 9.50. The molecule has 1 aliphatic heterocycles. The Kier molecular flexibility index (Phi) is 6.97. The average molecular weight is 479 g/mol. The van der Waals surface area contributed by atoms with Gasteiger partial charge in [0, 0.05) is 57.5 Å². The number of hydrogen-bond acceptors (Lipinski definition) is 5. The highest BCUT2D eigenvalue weighted by molar-refractivity contribution is 5.94. The molecule has 0 unspecified atom stereocenters. The van der Waals surface area contributed by atoms with Crippen molar-refractivity contribution < 1.29 is 27.3 Å². The molecular formula is C24H29F3N4O3. The van der Waals surface area contributed by atoms with Gasteiger partial charge in [-0.3, -0.25) is 14.5 Å². The van der Waals surface area contributed by atoms with Gasteiger partial charge in [-0.25, -0.2) is 13.2 Å². The molecule has 1 saturated carbocycles. The highest BCUT2D eigenvalue weighted by Crippen LogP contribution is 2.33. The van der Waals surface area contributed by atoms with Crippen LogP contribution in [0.25, 0.3) is 11.3 Å². The summed E-state index contributed by atoms with van der Waals surface area (Å²) >= 11 is 0. The predicted octanol–water partition coefficient (Wildman–Crippen LogP) is 3.46. The van der Waals surface area contributed by atoms with E-state index >= 15 is 0 Å². The SMILES string of the molecule is C[C@H]1CCC[C@@H]1N1CC[C@@H](NC(=O)c2cc(-c3c(F)cc(F)cc3F)on2)[C@H](C(=O)N(C)C)C1. The molecule has 2 aromatic rings. The highest BCUT2D eigenvalue weighted by Gasteiger charge is 2.40. The summed E-state index contributed by atoms with van der Waals surface area (Å²) in [6, 6.07) is 2.17. The fourth-order valence-electron chi connectivity index (χ4n) is 5.22. The number of nitrogens with one attached hydrogen (secondary N) is 1. The zero-order chi connectivity index (χ0) is 24.6. The Hall–Kier alpha value is -2.88. The van der Waals surface area contributed by atoms with Gasteiger partial charge >= 0.3 is 0 Å². The highest BCUT2D eigenvalue weighted by atomic mass is 19.1. The van der Waals surface area contributed by atoms with Crippen LogP contribution in [0.3, 0.4) is 0 Å². The van der Waals surface area contributed by atoms with Crippen molar-refractivity contribution >= 4 is 11.8 Å². The molecule has 2 amide bonds. The van der Waals surface area contributed by atoms with E-state index in [2.05, 4.69) is 22.3 Å². The molecule has 10 heteroatoms. The van der Waals surface area contributed by atoms with Crippen molar-refractivity contribution in [2.45, 2.75) is 44.7 Å². The van der Waals surface area contributed by atoms with Crippen LogP contribution in [0, 0.1) is 29.3 Å². The van der Waals surface area contributed by atoms with Crippen molar-refractivity contribution in [1.82, 2.24) is 20.3 Å². The number of piperidine rings is 1. The van der Waals surface area contributed by atoms with Crippen molar-refractivity contribution in [3.8, 4) is 11.3 Å². The van der Waals surface area contributed by atoms with Gasteiger partial charge in [0.2, 0.25) is 5.91 Å². The quantitative estimate of drug-likeness (QED) is 0.712. The predicted molar refractivity (Wildman–Crippen MR) is 118 cm³/mol. The molecule has 4 rings (SSSR count). The van der Waals surface area contributed by atoms with Crippen molar-refractivity contribution in [1.29, 1.82) is 0 Å². The Labute approximate surface area is 196 Å². The van der Waals surface area contributed by atoms with E-state index in [9.17, 15) is 22.8 Å². The molecule has 4 atom stereocenters. The van der Waals surface area contributed by atoms with Gasteiger partial charge in [0.15, 0.2) is 11.5 Å². The van der Waals surface area contributed by atoms with Crippen molar-refractivity contribution in [2.24, 2.45) is 11.8 Å². The van der Waals surface area contributed by atoms with E-state index in [0.29, 0.717) is 37.1 Å². The third-order valence-electron chi connectivity index (χ3n) is 7.00. The summed E-state index contributed by atoms with van der Waals surface area (Å²) in [4.78, 5) is 29.7. The van der Waals surface area contributed by atoms with Crippen LogP contribution in [0.5, 0.6) is 0 Å². The van der Waals surface area contributed by atoms with Gasteiger partial charge in [0.25, 0.3) is 5.91 Å². The maximum Gasteiger partial charge on any atom is 0.273 e. The van der Waals surface area contributed by atoms with E-state index in [-0.39, 0.29) is 17.4 Å². The summed E-state index contributed by atoms with van der Waals surface area (Å²) in [7, 11) is 3.38. The summed E-state index contributed by atoms with van der Waals surface area (Å²) in [5, 5.41) is 6.50. The number of nitrogens with zero attached hydrogens (tertiary/aromatic N) is 3. The number of carbonyl (C=O) groups excluding carboxylic acids is 2. The maximum atomic E-state index is 14.1. The monoisotopic (exact) mass is 478 g/mol. The van der Waals surface area contributed by atoms with Crippen molar-refractivity contribution in [2.75, 3.05) is 27.2 Å². The first-order chi connectivity index (χ1) is 16.2. The van der Waals surface area contributed by atoms with Crippen molar-refractivity contribution in [3.63, 3.8) is 0 Å². The first kappa shape index (κ1) is 24.3. The largest absolute Gasteiger partial charge is 0.355 e. The minimum atomic E-state index is -1.16. The normalized spacial score (nSPS) is 25.4. The summed E-state index contributed by atoms with van der Waals surface area (Å²) < 4.78 is 46.3. The van der Waals surface area contributed by atoms with E-state index in [4.69, 9.17) is 4.52 Å². The van der Waals surface area contributed by atoms with Crippen LogP contribution in [0.2, 0.25) is 0 Å². The lowest BCUT2D eigenvalue weighted by Gasteiger charge is -2.42. The van der Waals surface area contributed by atoms with Gasteiger partial charge in [0.05, 0.1) is 11.5 Å². The average Bonchev–Trinajstić information content (AvgIpc) is 3.42. The number of benzene rings is 1. The Bertz CT molecular complexity index is 1050. The molecule has 184 valence electrons. The van der Waals surface area contributed by atoms with Crippen LogP contribution < -0.4 is 5.32 Å². The number of aromatic nitrogens is 1. The molecule has 1 aromatic carbocycles. The molecule has 2 aliphatic rings. The van der Waals surface area contributed by atoms with Gasteiger partial charge < -0.3 is 14.7 Å². The van der Waals surface area contributed by atoms with E-state index in [0.717, 1.165) is 19.0 Å². The number of likely N-dealkylation sites (tertiary alicyclic amines) is 1. The van der Waals surface area contributed by atoms with Gasteiger partial charge in [0.1, 0.15) is 17.5 Å². The van der Waals surface area contributed by atoms with Gasteiger partial charge in [-0.2, -0.15) is 0 Å². The molecular weight excluding hydrogens is 449 g/mol. The molecule has 0 spiro atoms. The van der Waals surface area contributed by atoms with Crippen LogP contribution in [-0.4, -0.2) is 66.0 Å². The zero-order valence-electron chi connectivity index (χ0n) is 19.5. The topological polar surface area (TPSA) is 78.7 Å². The fourth-order valence-corrected chi connectivity index (χ4v) is 5.22. The van der Waals surface area contributed by atoms with Crippen molar-refractivity contribution in [3.05, 3.63) is 41.3 Å². The van der Waals surface area contributed by atoms with Gasteiger partial charge in [-0.15, -0.1) is 0 Å². The molecule has 1 aliphatic carbocycles. The van der Waals surface area contributed by atoms with Crippen LogP contribution in [-0.2, 0) is 4.79 Å². The fraction of sp³-hybridized carbons (Fsp3) is 0.542. The Morgan fingerprint density at radius 3 is 2.44 bits per heavy atom. The first-order valence-corrected chi connectivity index (χ1v) is 11.5. The summed E-state index contributed by atoms with van der Waals surface area (Å²) in [5.41, 5.74) is -0.784. The van der Waals surface area contributed by atoms with E-state index in [1.165, 1.54) is 17.7 Å². The number of amides is 2. The summed E-state index contributed by atoms with van der Waals surface area (Å²) in [6.45, 7) is 3.55. The van der Waals surface area contributed by atoms with Crippen LogP contribution in [0.15, 0.2) is 22.7 Å². The summed E-state index contributed by atoms with van der Waals surface area (Å²) in [6.07, 6.45) is 4.06. The molecule has 0 radical (unpaired) electrons. The molecule has 1 saturated heterocycles. The number of rotatable bonds is 5. The minimum absolute atomic E-state index is 0.0723. The molecule has 2 fully saturated rings. The lowest BCUT2D eigenvalue weighted by Crippen LogP contribution is -2.57. The standard InChI is InChI=1S/C24H29F3N4O3/c1-13-5-4-6-20(13)31-8-7-18(15(12-31)24(33)30(2)3)28-23(32)19-11-21(34-29-19)22-16(26)9-14(25)10-17(22)27/h9-11,13,15,18,20H,4-8,12H2,1-3H3,(H,28,32)/t13-,15+,18+,20-/m0/s1. The second-order valence-electron chi connectivity index (χ2n) is 9.50. The van der Waals surface area contributed by atoms with Crippen LogP contribution in [0.1, 0.15) is 43.1 Å². The Morgan fingerprint density at radius 1 is 1.12 bits per heavy atom. The molecule has 1 aromatic heterocycles. The third-order valence-corrected chi connectivity index (χ3v) is 7.00. The smallest absolute Gasteiger partial charge is 0.273 e. The molecule has 7 nitrogen and oxygen atoms in total. The number of halogens is 3. The van der Waals surface area contributed by atoms with E-state index in [1.54, 1.807) is 14.1 Å².